The summed E-state index contributed by atoms with van der Waals surface area (Å²) >= 11 is 1.56. The second-order valence-corrected chi connectivity index (χ2v) is 5.21. The SMILES string of the molecule is O=C1NCCNc2ncccc2Sc2ccccc21. The summed E-state index contributed by atoms with van der Waals surface area (Å²) in [6.45, 7) is 1.24. The third kappa shape index (κ3) is 2.56. The summed E-state index contributed by atoms with van der Waals surface area (Å²) in [5.41, 5.74) is 0.712. The van der Waals surface area contributed by atoms with E-state index in [2.05, 4.69) is 15.6 Å². The Balaban J connectivity index is 2.06. The van der Waals surface area contributed by atoms with Crippen LogP contribution in [0.3, 0.4) is 0 Å². The Morgan fingerprint density at radius 2 is 1.79 bits per heavy atom. The summed E-state index contributed by atoms with van der Waals surface area (Å²) in [7, 11) is 0. The van der Waals surface area contributed by atoms with Gasteiger partial charge in [-0.3, -0.25) is 4.79 Å². The molecule has 0 fully saturated rings. The van der Waals surface area contributed by atoms with Crippen LogP contribution in [0, 0.1) is 0 Å². The maximum Gasteiger partial charge on any atom is 0.252 e. The second kappa shape index (κ2) is 5.32. The largest absolute Gasteiger partial charge is 0.367 e. The van der Waals surface area contributed by atoms with E-state index < -0.39 is 0 Å². The first-order valence-electron chi connectivity index (χ1n) is 6.08. The molecule has 0 saturated heterocycles. The maximum atomic E-state index is 12.1. The molecule has 0 spiro atoms. The molecular formula is C14H13N3OS. The topological polar surface area (TPSA) is 54.0 Å². The van der Waals surface area contributed by atoms with E-state index in [1.54, 1.807) is 18.0 Å². The van der Waals surface area contributed by atoms with Crippen molar-refractivity contribution in [2.24, 2.45) is 0 Å². The molecule has 5 heteroatoms. The van der Waals surface area contributed by atoms with E-state index in [4.69, 9.17) is 0 Å². The van der Waals surface area contributed by atoms with Crippen LogP contribution >= 0.6 is 11.8 Å². The number of carbonyl (C=O) groups excluding carboxylic acids is 1. The Labute approximate surface area is 115 Å². The van der Waals surface area contributed by atoms with E-state index in [9.17, 15) is 4.79 Å². The van der Waals surface area contributed by atoms with Gasteiger partial charge in [0.1, 0.15) is 5.82 Å². The molecular weight excluding hydrogens is 258 g/mol. The molecule has 1 aliphatic heterocycles. The smallest absolute Gasteiger partial charge is 0.252 e. The van der Waals surface area contributed by atoms with Gasteiger partial charge in [-0.05, 0) is 24.3 Å². The lowest BCUT2D eigenvalue weighted by molar-refractivity contribution is 0.0952. The lowest BCUT2D eigenvalue weighted by Gasteiger charge is -2.15. The van der Waals surface area contributed by atoms with E-state index >= 15 is 0 Å². The Morgan fingerprint density at radius 1 is 1.00 bits per heavy atom. The van der Waals surface area contributed by atoms with Crippen molar-refractivity contribution in [1.29, 1.82) is 0 Å². The number of hydrogen-bond acceptors (Lipinski definition) is 4. The molecule has 2 heterocycles. The summed E-state index contributed by atoms with van der Waals surface area (Å²) in [6.07, 6.45) is 1.77. The lowest BCUT2D eigenvalue weighted by atomic mass is 10.2. The lowest BCUT2D eigenvalue weighted by Crippen LogP contribution is -2.29. The van der Waals surface area contributed by atoms with E-state index in [-0.39, 0.29) is 5.91 Å². The Bertz CT molecular complexity index is 615. The molecule has 19 heavy (non-hydrogen) atoms. The molecule has 1 aromatic carbocycles. The van der Waals surface area contributed by atoms with E-state index in [0.717, 1.165) is 15.6 Å². The molecule has 1 aromatic heterocycles. The predicted octanol–water partition coefficient (Wildman–Crippen LogP) is 2.39. The molecule has 3 rings (SSSR count). The monoisotopic (exact) mass is 271 g/mol. The number of hydrogen-bond donors (Lipinski definition) is 2. The van der Waals surface area contributed by atoms with Crippen molar-refractivity contribution < 1.29 is 4.79 Å². The second-order valence-electron chi connectivity index (χ2n) is 4.13. The summed E-state index contributed by atoms with van der Waals surface area (Å²) in [4.78, 5) is 18.4. The number of nitrogens with one attached hydrogen (secondary N) is 2. The van der Waals surface area contributed by atoms with Crippen molar-refractivity contribution in [3.05, 3.63) is 48.2 Å². The van der Waals surface area contributed by atoms with E-state index in [1.165, 1.54) is 0 Å². The van der Waals surface area contributed by atoms with Gasteiger partial charge < -0.3 is 10.6 Å². The Kier molecular flexibility index (Phi) is 3.37. The molecule has 0 aliphatic carbocycles. The van der Waals surface area contributed by atoms with E-state index in [1.807, 2.05) is 36.4 Å². The number of aromatic nitrogens is 1. The average molecular weight is 271 g/mol. The first-order chi connectivity index (χ1) is 9.34. The van der Waals surface area contributed by atoms with Crippen molar-refractivity contribution in [1.82, 2.24) is 10.3 Å². The fraction of sp³-hybridized carbons (Fsp3) is 0.143. The third-order valence-corrected chi connectivity index (χ3v) is 3.95. The van der Waals surface area contributed by atoms with Gasteiger partial charge >= 0.3 is 0 Å². The van der Waals surface area contributed by atoms with Crippen LogP contribution in [0.4, 0.5) is 5.82 Å². The molecule has 4 nitrogen and oxygen atoms in total. The summed E-state index contributed by atoms with van der Waals surface area (Å²) < 4.78 is 0. The van der Waals surface area contributed by atoms with Crippen molar-refractivity contribution in [3.8, 4) is 0 Å². The number of rotatable bonds is 0. The van der Waals surface area contributed by atoms with Gasteiger partial charge in [0.15, 0.2) is 0 Å². The van der Waals surface area contributed by atoms with Crippen LogP contribution in [0.5, 0.6) is 0 Å². The quantitative estimate of drug-likeness (QED) is 0.772. The molecule has 2 N–H and O–H groups in total. The van der Waals surface area contributed by atoms with Crippen molar-refractivity contribution in [2.45, 2.75) is 9.79 Å². The summed E-state index contributed by atoms with van der Waals surface area (Å²) in [5, 5.41) is 6.13. The van der Waals surface area contributed by atoms with Gasteiger partial charge in [0.2, 0.25) is 0 Å². The zero-order chi connectivity index (χ0) is 13.1. The van der Waals surface area contributed by atoms with Crippen LogP contribution in [0.25, 0.3) is 0 Å². The third-order valence-electron chi connectivity index (χ3n) is 2.83. The summed E-state index contributed by atoms with van der Waals surface area (Å²) in [6, 6.07) is 11.5. The highest BCUT2D eigenvalue weighted by molar-refractivity contribution is 7.99. The molecule has 0 radical (unpaired) electrons. The number of fused-ring (bicyclic) bond motifs is 2. The normalized spacial score (nSPS) is 14.6. The number of carbonyl (C=O) groups is 1. The highest BCUT2D eigenvalue weighted by atomic mass is 32.2. The number of nitrogens with zero attached hydrogens (tertiary/aromatic N) is 1. The minimum Gasteiger partial charge on any atom is -0.367 e. The first kappa shape index (κ1) is 12.0. The minimum absolute atomic E-state index is 0.0303. The molecule has 2 aromatic rings. The number of anilines is 1. The van der Waals surface area contributed by atoms with Crippen LogP contribution in [0.15, 0.2) is 52.4 Å². The van der Waals surface area contributed by atoms with Gasteiger partial charge in [0.25, 0.3) is 5.91 Å². The highest BCUT2D eigenvalue weighted by Crippen LogP contribution is 2.34. The average Bonchev–Trinajstić information content (AvgIpc) is 2.45. The standard InChI is InChI=1S/C14H13N3OS/c18-14-10-4-1-2-5-11(10)19-12-6-3-7-15-13(12)16-8-9-17-14/h1-7H,8-9H2,(H,15,16)(H,17,18). The minimum atomic E-state index is -0.0303. The molecule has 1 aliphatic rings. The number of amides is 1. The maximum absolute atomic E-state index is 12.1. The number of pyridine rings is 1. The number of benzene rings is 1. The predicted molar refractivity (Wildman–Crippen MR) is 75.6 cm³/mol. The van der Waals surface area contributed by atoms with Gasteiger partial charge in [-0.2, -0.15) is 0 Å². The molecule has 0 unspecified atom stereocenters. The van der Waals surface area contributed by atoms with Gasteiger partial charge in [-0.1, -0.05) is 23.9 Å². The summed E-state index contributed by atoms with van der Waals surface area (Å²) in [5.74, 6) is 0.829. The molecule has 1 amide bonds. The van der Waals surface area contributed by atoms with Crippen LogP contribution in [-0.4, -0.2) is 24.0 Å². The molecule has 0 atom stereocenters. The van der Waals surface area contributed by atoms with Crippen LogP contribution in [-0.2, 0) is 0 Å². The Hall–Kier alpha value is -2.01. The van der Waals surface area contributed by atoms with Crippen LogP contribution in [0.2, 0.25) is 0 Å². The van der Waals surface area contributed by atoms with E-state index in [0.29, 0.717) is 18.7 Å². The molecule has 0 bridgehead atoms. The fourth-order valence-electron chi connectivity index (χ4n) is 1.92. The van der Waals surface area contributed by atoms with Gasteiger partial charge in [0, 0.05) is 24.2 Å². The van der Waals surface area contributed by atoms with Crippen LogP contribution < -0.4 is 10.6 Å². The first-order valence-corrected chi connectivity index (χ1v) is 6.90. The van der Waals surface area contributed by atoms with Crippen molar-refractivity contribution in [2.75, 3.05) is 18.4 Å². The van der Waals surface area contributed by atoms with Gasteiger partial charge in [0.05, 0.1) is 10.5 Å². The zero-order valence-corrected chi connectivity index (χ0v) is 11.0. The Morgan fingerprint density at radius 3 is 2.74 bits per heavy atom. The van der Waals surface area contributed by atoms with Crippen molar-refractivity contribution >= 4 is 23.5 Å². The fourth-order valence-corrected chi connectivity index (χ4v) is 2.94. The highest BCUT2D eigenvalue weighted by Gasteiger charge is 2.15. The van der Waals surface area contributed by atoms with Crippen molar-refractivity contribution in [3.63, 3.8) is 0 Å². The van der Waals surface area contributed by atoms with Crippen LogP contribution in [0.1, 0.15) is 10.4 Å². The molecule has 0 saturated carbocycles. The van der Waals surface area contributed by atoms with Gasteiger partial charge in [-0.25, -0.2) is 4.98 Å². The molecule has 96 valence electrons. The van der Waals surface area contributed by atoms with Gasteiger partial charge in [-0.15, -0.1) is 0 Å². The zero-order valence-electron chi connectivity index (χ0n) is 10.2.